The fraction of sp³-hybridized carbons (Fsp3) is 0.0741. The Morgan fingerprint density at radius 1 is 0.824 bits per heavy atom. The molecule has 1 aromatic heterocycles. The summed E-state index contributed by atoms with van der Waals surface area (Å²) in [5.74, 6) is -0.522. The molecule has 4 aromatic rings. The fourth-order valence-corrected chi connectivity index (χ4v) is 5.15. The van der Waals surface area contributed by atoms with Crippen molar-refractivity contribution in [2.45, 2.75) is 12.5 Å². The van der Waals surface area contributed by atoms with Crippen LogP contribution in [0.4, 0.5) is 5.82 Å². The van der Waals surface area contributed by atoms with Gasteiger partial charge in [-0.05, 0) is 17.2 Å². The summed E-state index contributed by atoms with van der Waals surface area (Å²) in [4.78, 5) is 42.3. The molecule has 6 nitrogen and oxygen atoms in total. The third-order valence-electron chi connectivity index (χ3n) is 6.41. The number of aromatic amines is 1. The first-order valence-corrected chi connectivity index (χ1v) is 11.2. The Morgan fingerprint density at radius 2 is 1.50 bits per heavy atom. The normalized spacial score (nSPS) is 16.0. The second-order valence-electron chi connectivity index (χ2n) is 8.34. The number of nitrogens with zero attached hydrogens (tertiary/aromatic N) is 1. The lowest BCUT2D eigenvalue weighted by atomic mass is 9.81. The molecule has 0 saturated carbocycles. The Bertz CT molecular complexity index is 1630. The lowest BCUT2D eigenvalue weighted by Gasteiger charge is -2.30. The Morgan fingerprint density at radius 3 is 2.26 bits per heavy atom. The number of rotatable bonds is 3. The van der Waals surface area contributed by atoms with Crippen molar-refractivity contribution in [3.8, 4) is 0 Å². The van der Waals surface area contributed by atoms with E-state index in [-0.39, 0.29) is 12.3 Å². The van der Waals surface area contributed by atoms with E-state index in [0.717, 1.165) is 11.1 Å². The number of Topliss-reactive ketones (excluding diaryl/α,β-unsaturated/α-hetero) is 1. The van der Waals surface area contributed by atoms with Gasteiger partial charge in [0.1, 0.15) is 5.82 Å². The molecule has 0 amide bonds. The van der Waals surface area contributed by atoms with E-state index in [1.807, 2.05) is 60.7 Å². The van der Waals surface area contributed by atoms with Gasteiger partial charge in [-0.1, -0.05) is 84.4 Å². The maximum absolute atomic E-state index is 13.6. The van der Waals surface area contributed by atoms with E-state index in [9.17, 15) is 14.4 Å². The van der Waals surface area contributed by atoms with Crippen LogP contribution in [0.1, 0.15) is 38.5 Å². The van der Waals surface area contributed by atoms with E-state index >= 15 is 0 Å². The van der Waals surface area contributed by atoms with Gasteiger partial charge < -0.3 is 5.32 Å². The number of ketones is 1. The van der Waals surface area contributed by atoms with E-state index in [2.05, 4.69) is 10.3 Å². The van der Waals surface area contributed by atoms with Crippen LogP contribution in [0, 0.1) is 0 Å². The predicted octanol–water partition coefficient (Wildman–Crippen LogP) is 4.40. The second-order valence-corrected chi connectivity index (χ2v) is 8.74. The van der Waals surface area contributed by atoms with Crippen molar-refractivity contribution in [1.82, 2.24) is 9.55 Å². The molecule has 0 bridgehead atoms. The molecule has 1 aliphatic heterocycles. The third kappa shape index (κ3) is 2.99. The van der Waals surface area contributed by atoms with Gasteiger partial charge in [-0.15, -0.1) is 0 Å². The molecule has 1 atom stereocenters. The standard InChI is InChI=1S/C27H18ClN3O3/c28-19-13-7-6-12-18(19)20-21-23(16-10-4-5-11-17(16)24(21)32)29-25-22(20)26(33)30-27(34)31(25)14-15-8-2-1-3-9-15/h1-13,20,29H,14H2,(H,30,33,34). The van der Waals surface area contributed by atoms with Crippen LogP contribution in [0.25, 0.3) is 5.70 Å². The molecule has 6 rings (SSSR count). The molecular formula is C27H18ClN3O3. The molecule has 0 saturated heterocycles. The number of halogens is 1. The zero-order valence-electron chi connectivity index (χ0n) is 17.8. The molecule has 2 N–H and O–H groups in total. The van der Waals surface area contributed by atoms with Crippen LogP contribution in [-0.4, -0.2) is 15.3 Å². The number of carbonyl (C=O) groups excluding carboxylic acids is 1. The number of anilines is 1. The summed E-state index contributed by atoms with van der Waals surface area (Å²) in [5, 5.41) is 3.73. The zero-order valence-corrected chi connectivity index (χ0v) is 18.6. The maximum Gasteiger partial charge on any atom is 0.330 e. The molecule has 166 valence electrons. The Hall–Kier alpha value is -4.16. The van der Waals surface area contributed by atoms with Crippen LogP contribution in [0.15, 0.2) is 94.0 Å². The summed E-state index contributed by atoms with van der Waals surface area (Å²) in [6, 6.07) is 24.0. The first kappa shape index (κ1) is 20.4. The summed E-state index contributed by atoms with van der Waals surface area (Å²) in [7, 11) is 0. The smallest absolute Gasteiger partial charge is 0.330 e. The third-order valence-corrected chi connectivity index (χ3v) is 6.75. The highest BCUT2D eigenvalue weighted by Gasteiger charge is 2.43. The van der Waals surface area contributed by atoms with Crippen LogP contribution < -0.4 is 16.6 Å². The Balaban J connectivity index is 1.66. The van der Waals surface area contributed by atoms with Crippen LogP contribution in [0.3, 0.4) is 0 Å². The van der Waals surface area contributed by atoms with Crippen LogP contribution in [0.2, 0.25) is 5.02 Å². The van der Waals surface area contributed by atoms with E-state index in [4.69, 9.17) is 11.6 Å². The highest BCUT2D eigenvalue weighted by molar-refractivity contribution is 6.32. The zero-order chi connectivity index (χ0) is 23.4. The lowest BCUT2D eigenvalue weighted by Crippen LogP contribution is -2.38. The molecule has 0 fully saturated rings. The Kier molecular flexibility index (Phi) is 4.64. The molecule has 2 aliphatic rings. The van der Waals surface area contributed by atoms with E-state index in [0.29, 0.717) is 38.8 Å². The lowest BCUT2D eigenvalue weighted by molar-refractivity contribution is 0.103. The van der Waals surface area contributed by atoms with Gasteiger partial charge in [-0.3, -0.25) is 19.1 Å². The minimum Gasteiger partial charge on any atom is -0.340 e. The van der Waals surface area contributed by atoms with Crippen molar-refractivity contribution >= 4 is 28.9 Å². The topological polar surface area (TPSA) is 84.0 Å². The molecular weight excluding hydrogens is 450 g/mol. The van der Waals surface area contributed by atoms with Crippen molar-refractivity contribution in [3.05, 3.63) is 138 Å². The SMILES string of the molecule is O=C1C2=C(Nc3c(c(=O)[nH]c(=O)n3Cc3ccccc3)C2c2ccccc2Cl)c2ccccc21. The summed E-state index contributed by atoms with van der Waals surface area (Å²) >= 11 is 6.59. The number of hydrogen-bond donors (Lipinski definition) is 2. The molecule has 7 heteroatoms. The van der Waals surface area contributed by atoms with Gasteiger partial charge in [0.25, 0.3) is 5.56 Å². The molecule has 3 aromatic carbocycles. The van der Waals surface area contributed by atoms with Crippen molar-refractivity contribution in [3.63, 3.8) is 0 Å². The fourth-order valence-electron chi connectivity index (χ4n) is 4.90. The van der Waals surface area contributed by atoms with Crippen molar-refractivity contribution < 1.29 is 4.79 Å². The Labute approximate surface area is 199 Å². The monoisotopic (exact) mass is 467 g/mol. The van der Waals surface area contributed by atoms with Gasteiger partial charge in [0, 0.05) is 21.7 Å². The summed E-state index contributed by atoms with van der Waals surface area (Å²) in [6.45, 7) is 0.249. The molecule has 1 unspecified atom stereocenters. The maximum atomic E-state index is 13.6. The van der Waals surface area contributed by atoms with Gasteiger partial charge in [-0.2, -0.15) is 0 Å². The van der Waals surface area contributed by atoms with E-state index in [1.165, 1.54) is 4.57 Å². The highest BCUT2D eigenvalue weighted by atomic mass is 35.5. The van der Waals surface area contributed by atoms with Gasteiger partial charge in [0.15, 0.2) is 5.78 Å². The number of nitrogens with one attached hydrogen (secondary N) is 2. The minimum absolute atomic E-state index is 0.158. The van der Waals surface area contributed by atoms with Gasteiger partial charge >= 0.3 is 5.69 Å². The quantitative estimate of drug-likeness (QED) is 0.467. The first-order valence-electron chi connectivity index (χ1n) is 10.8. The molecule has 1 aliphatic carbocycles. The number of H-pyrrole nitrogens is 1. The number of allylic oxidation sites excluding steroid dienone is 1. The molecule has 0 spiro atoms. The molecule has 34 heavy (non-hydrogen) atoms. The first-order chi connectivity index (χ1) is 16.5. The van der Waals surface area contributed by atoms with Gasteiger partial charge in [0.05, 0.1) is 23.7 Å². The number of fused-ring (bicyclic) bond motifs is 3. The van der Waals surface area contributed by atoms with Gasteiger partial charge in [0.2, 0.25) is 0 Å². The second kappa shape index (κ2) is 7.71. The number of benzene rings is 3. The number of aromatic nitrogens is 2. The number of carbonyl (C=O) groups is 1. The summed E-state index contributed by atoms with van der Waals surface area (Å²) in [6.07, 6.45) is 0. The van der Waals surface area contributed by atoms with Gasteiger partial charge in [-0.25, -0.2) is 4.79 Å². The summed E-state index contributed by atoms with van der Waals surface area (Å²) < 4.78 is 1.51. The minimum atomic E-state index is -0.730. The van der Waals surface area contributed by atoms with Crippen molar-refractivity contribution in [2.75, 3.05) is 5.32 Å². The predicted molar refractivity (Wildman–Crippen MR) is 131 cm³/mol. The molecule has 0 radical (unpaired) electrons. The van der Waals surface area contributed by atoms with Crippen molar-refractivity contribution in [1.29, 1.82) is 0 Å². The van der Waals surface area contributed by atoms with Crippen LogP contribution in [-0.2, 0) is 6.54 Å². The molecule has 2 heterocycles. The highest BCUT2D eigenvalue weighted by Crippen LogP contribution is 2.49. The average Bonchev–Trinajstić information content (AvgIpc) is 3.13. The van der Waals surface area contributed by atoms with Crippen LogP contribution >= 0.6 is 11.6 Å². The van der Waals surface area contributed by atoms with E-state index < -0.39 is 17.2 Å². The van der Waals surface area contributed by atoms with Crippen LogP contribution in [0.5, 0.6) is 0 Å². The van der Waals surface area contributed by atoms with E-state index in [1.54, 1.807) is 18.2 Å². The summed E-state index contributed by atoms with van der Waals surface area (Å²) in [5.41, 5.74) is 3.11. The average molecular weight is 468 g/mol. The van der Waals surface area contributed by atoms with Crippen molar-refractivity contribution in [2.24, 2.45) is 0 Å². The largest absolute Gasteiger partial charge is 0.340 e. The number of hydrogen-bond acceptors (Lipinski definition) is 4.